The summed E-state index contributed by atoms with van der Waals surface area (Å²) in [7, 11) is 0. The van der Waals surface area contributed by atoms with E-state index in [0.29, 0.717) is 5.56 Å². The largest absolute Gasteiger partial charge is 0.332 e. The Kier molecular flexibility index (Phi) is 3.24. The van der Waals surface area contributed by atoms with Crippen molar-refractivity contribution in [3.8, 4) is 0 Å². The molecule has 21 heavy (non-hydrogen) atoms. The summed E-state index contributed by atoms with van der Waals surface area (Å²) in [5.74, 6) is -3.10. The molecule has 1 heterocycles. The molecule has 1 fully saturated rings. The third kappa shape index (κ3) is 2.53. The Morgan fingerprint density at radius 1 is 1.29 bits per heavy atom. The fourth-order valence-electron chi connectivity index (χ4n) is 2.71. The maximum absolute atomic E-state index is 13.2. The maximum Gasteiger partial charge on any atom is 0.267 e. The minimum Gasteiger partial charge on any atom is -0.332 e. The number of benzene rings is 2. The van der Waals surface area contributed by atoms with Gasteiger partial charge in [-0.05, 0) is 28.5 Å². The molecule has 1 aliphatic rings. The highest BCUT2D eigenvalue weighted by atomic mass is 19.3. The van der Waals surface area contributed by atoms with Crippen LogP contribution in [0.3, 0.4) is 0 Å². The van der Waals surface area contributed by atoms with Crippen LogP contribution in [0, 0.1) is 0 Å². The predicted octanol–water partition coefficient (Wildman–Crippen LogP) is 3.96. The second kappa shape index (κ2) is 4.95. The van der Waals surface area contributed by atoms with Crippen molar-refractivity contribution in [3.05, 3.63) is 54.1 Å². The van der Waals surface area contributed by atoms with E-state index in [9.17, 15) is 13.6 Å². The van der Waals surface area contributed by atoms with Crippen molar-refractivity contribution in [1.29, 1.82) is 0 Å². The molecular weight excluding hydrogens is 272 g/mol. The summed E-state index contributed by atoms with van der Waals surface area (Å²) >= 11 is 0. The molecule has 2 aromatic rings. The van der Waals surface area contributed by atoms with E-state index >= 15 is 0 Å². The van der Waals surface area contributed by atoms with Gasteiger partial charge in [-0.15, -0.1) is 0 Å². The van der Waals surface area contributed by atoms with Crippen molar-refractivity contribution in [3.63, 3.8) is 0 Å². The lowest BCUT2D eigenvalue weighted by atomic mass is 10.0. The molecule has 0 spiro atoms. The summed E-state index contributed by atoms with van der Waals surface area (Å²) in [6.07, 6.45) is 1.50. The Balaban J connectivity index is 1.95. The van der Waals surface area contributed by atoms with Gasteiger partial charge in [-0.2, -0.15) is 0 Å². The minimum absolute atomic E-state index is 0.108. The predicted molar refractivity (Wildman–Crippen MR) is 79.5 cm³/mol. The number of hydrogen-bond acceptors (Lipinski definition) is 1. The van der Waals surface area contributed by atoms with Crippen LogP contribution in [0.1, 0.15) is 22.3 Å². The zero-order chi connectivity index (χ0) is 15.0. The summed E-state index contributed by atoms with van der Waals surface area (Å²) < 4.78 is 26.4. The topological polar surface area (TPSA) is 20.3 Å². The van der Waals surface area contributed by atoms with E-state index in [1.807, 2.05) is 24.3 Å². The molecule has 1 amide bonds. The highest BCUT2D eigenvalue weighted by Crippen LogP contribution is 2.29. The minimum atomic E-state index is -2.76. The van der Waals surface area contributed by atoms with Crippen molar-refractivity contribution in [2.24, 2.45) is 0 Å². The fourth-order valence-corrected chi connectivity index (χ4v) is 2.71. The first-order chi connectivity index (χ1) is 10.00. The van der Waals surface area contributed by atoms with Gasteiger partial charge in [0.1, 0.15) is 0 Å². The van der Waals surface area contributed by atoms with Gasteiger partial charge in [-0.3, -0.25) is 4.79 Å². The quantitative estimate of drug-likeness (QED) is 0.818. The lowest BCUT2D eigenvalue weighted by Gasteiger charge is -2.16. The van der Waals surface area contributed by atoms with E-state index in [1.165, 1.54) is 4.90 Å². The normalized spacial score (nSPS) is 17.1. The standard InChI is InChI=1S/C17H15F2NO/c1-2-12-4-3-5-13-10-14(6-7-15(12)13)16(21)20-9-8-17(18,19)11-20/h2-7,10H,1,8-9,11H2. The van der Waals surface area contributed by atoms with Crippen LogP contribution in [-0.4, -0.2) is 29.8 Å². The molecule has 0 atom stereocenters. The van der Waals surface area contributed by atoms with Gasteiger partial charge in [-0.25, -0.2) is 8.78 Å². The number of likely N-dealkylation sites (tertiary alicyclic amines) is 1. The monoisotopic (exact) mass is 287 g/mol. The molecule has 0 saturated carbocycles. The molecule has 0 radical (unpaired) electrons. The fraction of sp³-hybridized carbons (Fsp3) is 0.235. The zero-order valence-corrected chi connectivity index (χ0v) is 11.5. The van der Waals surface area contributed by atoms with Crippen molar-refractivity contribution < 1.29 is 13.6 Å². The van der Waals surface area contributed by atoms with Crippen LogP contribution in [-0.2, 0) is 0 Å². The summed E-state index contributed by atoms with van der Waals surface area (Å²) in [4.78, 5) is 13.5. The highest BCUT2D eigenvalue weighted by molar-refractivity contribution is 6.00. The maximum atomic E-state index is 13.2. The number of carbonyl (C=O) groups excluding carboxylic acids is 1. The number of halogens is 2. The molecular formula is C17H15F2NO. The highest BCUT2D eigenvalue weighted by Gasteiger charge is 2.40. The van der Waals surface area contributed by atoms with E-state index in [-0.39, 0.29) is 18.9 Å². The van der Waals surface area contributed by atoms with Crippen LogP contribution in [0.5, 0.6) is 0 Å². The summed E-state index contributed by atoms with van der Waals surface area (Å²) in [6.45, 7) is 3.38. The van der Waals surface area contributed by atoms with E-state index in [4.69, 9.17) is 0 Å². The molecule has 2 aromatic carbocycles. The van der Waals surface area contributed by atoms with Gasteiger partial charge in [0.2, 0.25) is 0 Å². The molecule has 3 rings (SSSR count). The van der Waals surface area contributed by atoms with E-state index in [0.717, 1.165) is 16.3 Å². The Hall–Kier alpha value is -2.23. The number of hydrogen-bond donors (Lipinski definition) is 0. The number of nitrogens with zero attached hydrogens (tertiary/aromatic N) is 1. The molecule has 0 N–H and O–H groups in total. The molecule has 2 nitrogen and oxygen atoms in total. The summed E-state index contributed by atoms with van der Waals surface area (Å²) in [6, 6.07) is 11.0. The SMILES string of the molecule is C=Cc1cccc2cc(C(=O)N3CCC(F)(F)C3)ccc12. The van der Waals surface area contributed by atoms with Crippen molar-refractivity contribution in [2.75, 3.05) is 13.1 Å². The van der Waals surface area contributed by atoms with Crippen LogP contribution >= 0.6 is 0 Å². The average molecular weight is 287 g/mol. The average Bonchev–Trinajstić information content (AvgIpc) is 2.85. The number of rotatable bonds is 2. The van der Waals surface area contributed by atoms with E-state index in [2.05, 4.69) is 6.58 Å². The molecule has 0 bridgehead atoms. The van der Waals surface area contributed by atoms with Gasteiger partial charge < -0.3 is 4.90 Å². The second-order valence-corrected chi connectivity index (χ2v) is 5.32. The van der Waals surface area contributed by atoms with Gasteiger partial charge in [0.25, 0.3) is 11.8 Å². The van der Waals surface area contributed by atoms with Crippen LogP contribution in [0.15, 0.2) is 43.0 Å². The number of amides is 1. The van der Waals surface area contributed by atoms with Crippen LogP contribution in [0.2, 0.25) is 0 Å². The lowest BCUT2D eigenvalue weighted by Crippen LogP contribution is -2.31. The van der Waals surface area contributed by atoms with E-state index in [1.54, 1.807) is 18.2 Å². The third-order valence-electron chi connectivity index (χ3n) is 3.84. The summed E-state index contributed by atoms with van der Waals surface area (Å²) in [5, 5.41) is 1.90. The number of alkyl halides is 2. The van der Waals surface area contributed by atoms with Gasteiger partial charge in [0.05, 0.1) is 6.54 Å². The zero-order valence-electron chi connectivity index (χ0n) is 11.5. The molecule has 1 saturated heterocycles. The smallest absolute Gasteiger partial charge is 0.267 e. The van der Waals surface area contributed by atoms with E-state index < -0.39 is 12.5 Å². The van der Waals surface area contributed by atoms with Crippen molar-refractivity contribution >= 4 is 22.8 Å². The molecule has 108 valence electrons. The Morgan fingerprint density at radius 3 is 2.76 bits per heavy atom. The number of carbonyl (C=O) groups is 1. The van der Waals surface area contributed by atoms with Gasteiger partial charge >= 0.3 is 0 Å². The Labute approximate surface area is 121 Å². The van der Waals surface area contributed by atoms with Crippen molar-refractivity contribution in [1.82, 2.24) is 4.90 Å². The molecule has 0 aliphatic carbocycles. The first-order valence-corrected chi connectivity index (χ1v) is 6.82. The molecule has 1 aliphatic heterocycles. The van der Waals surface area contributed by atoms with Gasteiger partial charge in [0.15, 0.2) is 0 Å². The van der Waals surface area contributed by atoms with Crippen LogP contribution < -0.4 is 0 Å². The third-order valence-corrected chi connectivity index (χ3v) is 3.84. The number of fused-ring (bicyclic) bond motifs is 1. The van der Waals surface area contributed by atoms with Gasteiger partial charge in [0, 0.05) is 18.5 Å². The Bertz CT molecular complexity index is 724. The second-order valence-electron chi connectivity index (χ2n) is 5.32. The molecule has 0 aromatic heterocycles. The van der Waals surface area contributed by atoms with Crippen molar-refractivity contribution in [2.45, 2.75) is 12.3 Å². The lowest BCUT2D eigenvalue weighted by molar-refractivity contribution is 0.0120. The molecule has 4 heteroatoms. The Morgan fingerprint density at radius 2 is 2.10 bits per heavy atom. The first-order valence-electron chi connectivity index (χ1n) is 6.82. The first kappa shape index (κ1) is 13.7. The van der Waals surface area contributed by atoms with Crippen LogP contribution in [0.4, 0.5) is 8.78 Å². The van der Waals surface area contributed by atoms with Crippen LogP contribution in [0.25, 0.3) is 16.8 Å². The van der Waals surface area contributed by atoms with Gasteiger partial charge in [-0.1, -0.05) is 36.9 Å². The molecule has 0 unspecified atom stereocenters. The summed E-state index contributed by atoms with van der Waals surface area (Å²) in [5.41, 5.74) is 1.43.